The van der Waals surface area contributed by atoms with E-state index in [2.05, 4.69) is 10.2 Å². The van der Waals surface area contributed by atoms with Gasteiger partial charge in [-0.05, 0) is 5.38 Å². The Labute approximate surface area is 61.3 Å². The fourth-order valence-electron chi connectivity index (χ4n) is 0.561. The zero-order valence-corrected chi connectivity index (χ0v) is 5.75. The van der Waals surface area contributed by atoms with Gasteiger partial charge >= 0.3 is 6.98 Å². The van der Waals surface area contributed by atoms with Gasteiger partial charge in [0.15, 0.2) is 0 Å². The Kier molecular flexibility index (Phi) is 2.27. The van der Waals surface area contributed by atoms with Crippen LogP contribution in [0.3, 0.4) is 0 Å². The van der Waals surface area contributed by atoms with Crippen molar-refractivity contribution in [3.8, 4) is 0 Å². The van der Waals surface area contributed by atoms with Crippen molar-refractivity contribution >= 4 is 23.1 Å². The molecule has 0 N–H and O–H groups in total. The van der Waals surface area contributed by atoms with Gasteiger partial charge < -0.3 is 0 Å². The maximum absolute atomic E-state index is 9.90. The Morgan fingerprint density at radius 2 is 2.10 bits per heavy atom. The van der Waals surface area contributed by atoms with Crippen LogP contribution in [0.15, 0.2) is 27.7 Å². The Morgan fingerprint density at radius 1 is 1.40 bits per heavy atom. The van der Waals surface area contributed by atoms with Gasteiger partial charge in [0.2, 0.25) is 0 Å². The first-order valence-electron chi connectivity index (χ1n) is 2.57. The van der Waals surface area contributed by atoms with Gasteiger partial charge in [0.25, 0.3) is 0 Å². The molecule has 0 spiro atoms. The highest BCUT2D eigenvalue weighted by Gasteiger charge is 2.21. The summed E-state index contributed by atoms with van der Waals surface area (Å²) in [5.41, 5.74) is 0. The van der Waals surface area contributed by atoms with Gasteiger partial charge in [0, 0.05) is 4.78 Å². The number of nitrogens with zero attached hydrogens (tertiary/aromatic N) is 2. The van der Waals surface area contributed by atoms with Gasteiger partial charge in [-0.1, -0.05) is 22.3 Å². The molecule has 0 aliphatic carbocycles. The lowest BCUT2D eigenvalue weighted by Crippen LogP contribution is -2.21. The van der Waals surface area contributed by atoms with Crippen LogP contribution in [0.2, 0.25) is 0 Å². The zero-order valence-electron chi connectivity index (χ0n) is 4.93. The minimum absolute atomic E-state index is 0.588. The van der Waals surface area contributed by atoms with E-state index in [1.807, 2.05) is 0 Å². The molecule has 0 aliphatic heterocycles. The molecule has 0 saturated heterocycles. The van der Waals surface area contributed by atoms with E-state index in [0.29, 0.717) is 4.78 Å². The third-order valence-corrected chi connectivity index (χ3v) is 1.91. The summed E-state index contributed by atoms with van der Waals surface area (Å²) in [6.07, 6.45) is 0. The number of thiophene rings is 1. The van der Waals surface area contributed by atoms with Crippen molar-refractivity contribution in [1.29, 1.82) is 0 Å². The Bertz CT molecular complexity index is 217. The molecule has 0 saturated carbocycles. The Balaban J connectivity index is 2.82. The van der Waals surface area contributed by atoms with Gasteiger partial charge in [0.1, 0.15) is 0 Å². The molecule has 0 amide bonds. The molecule has 0 unspecified atom stereocenters. The van der Waals surface area contributed by atoms with E-state index in [1.54, 1.807) is 17.5 Å². The van der Waals surface area contributed by atoms with E-state index in [1.165, 1.54) is 11.3 Å². The molecule has 1 heterocycles. The topological polar surface area (TPSA) is 58.9 Å². The van der Waals surface area contributed by atoms with Gasteiger partial charge in [0.05, 0.1) is 0 Å². The Morgan fingerprint density at radius 3 is 2.50 bits per heavy atom. The highest BCUT2D eigenvalue weighted by molar-refractivity contribution is 7.21. The summed E-state index contributed by atoms with van der Waals surface area (Å²) in [4.78, 5) is 19.8. The van der Waals surface area contributed by atoms with Gasteiger partial charge in [-0.3, -0.25) is 0 Å². The predicted octanol–water partition coefficient (Wildman–Crippen LogP) is 0.976. The summed E-state index contributed by atoms with van der Waals surface area (Å²) in [5.74, 6) is 0. The summed E-state index contributed by atoms with van der Waals surface area (Å²) in [6, 6.07) is 3.39. The maximum atomic E-state index is 9.90. The van der Waals surface area contributed by atoms with E-state index in [9.17, 15) is 9.81 Å². The highest BCUT2D eigenvalue weighted by atomic mass is 32.1. The molecule has 1 aromatic rings. The largest absolute Gasteiger partial charge is 0.558 e. The van der Waals surface area contributed by atoms with E-state index in [0.717, 1.165) is 0 Å². The molecular weight excluding hydrogens is 151 g/mol. The number of hydrogen-bond donors (Lipinski definition) is 0. The summed E-state index contributed by atoms with van der Waals surface area (Å²) in [5, 5.41) is 6.82. The van der Waals surface area contributed by atoms with Crippen LogP contribution in [0, 0.1) is 9.81 Å². The van der Waals surface area contributed by atoms with Crippen molar-refractivity contribution in [2.45, 2.75) is 0 Å². The second kappa shape index (κ2) is 3.21. The molecule has 10 heavy (non-hydrogen) atoms. The highest BCUT2D eigenvalue weighted by Crippen LogP contribution is 1.97. The third-order valence-electron chi connectivity index (χ3n) is 0.997. The molecule has 1 rings (SSSR count). The molecule has 6 heteroatoms. The van der Waals surface area contributed by atoms with Crippen LogP contribution in [0.1, 0.15) is 0 Å². The molecular formula is C4H3BN2O2S. The monoisotopic (exact) mass is 154 g/mol. The van der Waals surface area contributed by atoms with Gasteiger partial charge in [-0.25, -0.2) is 0 Å². The van der Waals surface area contributed by atoms with Gasteiger partial charge in [-0.2, -0.15) is 21.2 Å². The first-order valence-corrected chi connectivity index (χ1v) is 3.45. The lowest BCUT2D eigenvalue weighted by atomic mass is 9.79. The number of hydrogen-bond acceptors (Lipinski definition) is 5. The average molecular weight is 154 g/mol. The molecule has 0 bridgehead atoms. The van der Waals surface area contributed by atoms with Crippen LogP contribution in [0.5, 0.6) is 0 Å². The minimum atomic E-state index is -1.06. The van der Waals surface area contributed by atoms with Crippen LogP contribution in [-0.4, -0.2) is 6.98 Å². The molecule has 1 aromatic heterocycles. The van der Waals surface area contributed by atoms with Crippen LogP contribution in [-0.2, 0) is 0 Å². The SMILES string of the molecule is O=NB(N=O)c1cccs1. The number of rotatable bonds is 3. The molecule has 0 fully saturated rings. The van der Waals surface area contributed by atoms with Gasteiger partial charge in [-0.15, -0.1) is 0 Å². The molecule has 0 radical (unpaired) electrons. The third kappa shape index (κ3) is 1.27. The second-order valence-corrected chi connectivity index (χ2v) is 2.58. The van der Waals surface area contributed by atoms with E-state index >= 15 is 0 Å². The van der Waals surface area contributed by atoms with Crippen molar-refractivity contribution in [3.63, 3.8) is 0 Å². The number of nitroso groups, excluding NO2 is 2. The van der Waals surface area contributed by atoms with Crippen molar-refractivity contribution in [1.82, 2.24) is 0 Å². The predicted molar refractivity (Wildman–Crippen MR) is 41.3 cm³/mol. The summed E-state index contributed by atoms with van der Waals surface area (Å²) >= 11 is 1.29. The normalized spacial score (nSPS) is 8.80. The zero-order chi connectivity index (χ0) is 7.40. The van der Waals surface area contributed by atoms with Crippen LogP contribution < -0.4 is 4.78 Å². The van der Waals surface area contributed by atoms with Crippen molar-refractivity contribution < 1.29 is 0 Å². The van der Waals surface area contributed by atoms with Crippen molar-refractivity contribution in [3.05, 3.63) is 27.3 Å². The lowest BCUT2D eigenvalue weighted by molar-refractivity contribution is 1.59. The van der Waals surface area contributed by atoms with Crippen LogP contribution in [0.25, 0.3) is 0 Å². The summed E-state index contributed by atoms with van der Waals surface area (Å²) in [6.45, 7) is -1.06. The van der Waals surface area contributed by atoms with Crippen molar-refractivity contribution in [2.75, 3.05) is 0 Å². The van der Waals surface area contributed by atoms with Crippen LogP contribution >= 0.6 is 11.3 Å². The first kappa shape index (κ1) is 7.08. The second-order valence-electron chi connectivity index (χ2n) is 1.60. The van der Waals surface area contributed by atoms with E-state index in [-0.39, 0.29) is 0 Å². The summed E-state index contributed by atoms with van der Waals surface area (Å²) < 4.78 is 0.588. The van der Waals surface area contributed by atoms with Crippen molar-refractivity contribution in [2.24, 2.45) is 10.2 Å². The molecule has 0 aromatic carbocycles. The fraction of sp³-hybridized carbons (Fsp3) is 0. The summed E-state index contributed by atoms with van der Waals surface area (Å²) in [7, 11) is 0. The van der Waals surface area contributed by atoms with E-state index < -0.39 is 6.98 Å². The van der Waals surface area contributed by atoms with Crippen LogP contribution in [0.4, 0.5) is 0 Å². The fourth-order valence-corrected chi connectivity index (χ4v) is 1.24. The molecule has 0 atom stereocenters. The first-order chi connectivity index (χ1) is 4.88. The lowest BCUT2D eigenvalue weighted by Gasteiger charge is -1.84. The maximum Gasteiger partial charge on any atom is 0.558 e. The smallest absolute Gasteiger partial charge is 0.164 e. The van der Waals surface area contributed by atoms with E-state index in [4.69, 9.17) is 0 Å². The molecule has 4 nitrogen and oxygen atoms in total. The molecule has 50 valence electrons. The average Bonchev–Trinajstić information content (AvgIpc) is 2.43. The minimum Gasteiger partial charge on any atom is -0.164 e. The Hall–Kier alpha value is -1.04. The standard InChI is InChI=1S/C4H3BN2O2S/c8-6-5(7-9)4-2-1-3-10-4/h1-3H. The quantitative estimate of drug-likeness (QED) is 0.481. The molecule has 0 aliphatic rings.